The first-order chi connectivity index (χ1) is 16.7. The van der Waals surface area contributed by atoms with Crippen molar-refractivity contribution in [3.63, 3.8) is 0 Å². The van der Waals surface area contributed by atoms with Gasteiger partial charge in [0.15, 0.2) is 22.1 Å². The monoisotopic (exact) mass is 525 g/mol. The summed E-state index contributed by atoms with van der Waals surface area (Å²) in [7, 11) is 0.326. The van der Waals surface area contributed by atoms with Crippen LogP contribution in [0.4, 0.5) is 9.52 Å². The fourth-order valence-corrected chi connectivity index (χ4v) is 5.96. The summed E-state index contributed by atoms with van der Waals surface area (Å²) in [6, 6.07) is 6.28. The fourth-order valence-electron chi connectivity index (χ4n) is 3.95. The third kappa shape index (κ3) is 6.22. The van der Waals surface area contributed by atoms with Crippen LogP contribution in [0, 0.1) is 5.13 Å². The zero-order valence-electron chi connectivity index (χ0n) is 19.5. The minimum Gasteiger partial charge on any atom is -0.389 e. The second-order valence-corrected chi connectivity index (χ2v) is 11.5. The SMILES string of the molecule is CN(C)C1CCN(S(=O)(=O)c2ccc(/C(=N\O[C@@H]3CCOC3)C(=O)Nc3ncc(F)s3)cc2)CC1. The van der Waals surface area contributed by atoms with Gasteiger partial charge in [0.25, 0.3) is 5.91 Å². The summed E-state index contributed by atoms with van der Waals surface area (Å²) in [5.74, 6) is -0.653. The molecule has 0 spiro atoms. The molecule has 2 saturated heterocycles. The number of halogens is 1. The van der Waals surface area contributed by atoms with E-state index in [0.717, 1.165) is 19.0 Å². The Morgan fingerprint density at radius 3 is 2.54 bits per heavy atom. The van der Waals surface area contributed by atoms with Gasteiger partial charge in [-0.2, -0.15) is 8.70 Å². The molecule has 1 aromatic heterocycles. The lowest BCUT2D eigenvalue weighted by Gasteiger charge is -2.34. The first-order valence-corrected chi connectivity index (χ1v) is 13.5. The van der Waals surface area contributed by atoms with Crippen molar-refractivity contribution in [2.75, 3.05) is 45.7 Å². The van der Waals surface area contributed by atoms with E-state index in [1.165, 1.54) is 28.6 Å². The molecule has 0 radical (unpaired) electrons. The van der Waals surface area contributed by atoms with Crippen LogP contribution in [-0.2, 0) is 24.4 Å². The molecule has 0 bridgehead atoms. The lowest BCUT2D eigenvalue weighted by Crippen LogP contribution is -2.44. The minimum absolute atomic E-state index is 0.0738. The Hall–Kier alpha value is -2.45. The minimum atomic E-state index is -3.67. The summed E-state index contributed by atoms with van der Waals surface area (Å²) in [6.07, 6.45) is 2.88. The number of piperidine rings is 1. The molecule has 190 valence electrons. The maximum absolute atomic E-state index is 13.3. The smallest absolute Gasteiger partial charge is 0.280 e. The number of aromatic nitrogens is 1. The van der Waals surface area contributed by atoms with Crippen LogP contribution in [0.25, 0.3) is 0 Å². The van der Waals surface area contributed by atoms with Crippen molar-refractivity contribution < 1.29 is 27.2 Å². The Morgan fingerprint density at radius 1 is 1.26 bits per heavy atom. The molecule has 2 aliphatic heterocycles. The second-order valence-electron chi connectivity index (χ2n) is 8.58. The van der Waals surface area contributed by atoms with Crippen molar-refractivity contribution in [1.82, 2.24) is 14.2 Å². The maximum Gasteiger partial charge on any atom is 0.280 e. The van der Waals surface area contributed by atoms with Gasteiger partial charge in [-0.1, -0.05) is 28.6 Å². The summed E-state index contributed by atoms with van der Waals surface area (Å²) in [4.78, 5) is 24.4. The molecule has 0 unspecified atom stereocenters. The van der Waals surface area contributed by atoms with Gasteiger partial charge in [0.2, 0.25) is 10.0 Å². The van der Waals surface area contributed by atoms with Gasteiger partial charge in [0.05, 0.1) is 24.3 Å². The van der Waals surface area contributed by atoms with E-state index in [0.29, 0.717) is 55.7 Å². The highest BCUT2D eigenvalue weighted by atomic mass is 32.2. The summed E-state index contributed by atoms with van der Waals surface area (Å²) in [6.45, 7) is 1.80. The molecule has 3 heterocycles. The molecule has 4 rings (SSSR count). The normalized spacial score (nSPS) is 20.3. The summed E-state index contributed by atoms with van der Waals surface area (Å²) in [5, 5.41) is 6.07. The molecular formula is C22H28FN5O5S2. The lowest BCUT2D eigenvalue weighted by molar-refractivity contribution is -0.110. The van der Waals surface area contributed by atoms with E-state index in [2.05, 4.69) is 20.4 Å². The zero-order chi connectivity index (χ0) is 25.0. The van der Waals surface area contributed by atoms with Crippen LogP contribution in [0.5, 0.6) is 0 Å². The van der Waals surface area contributed by atoms with E-state index in [1.807, 2.05) is 14.1 Å². The van der Waals surface area contributed by atoms with E-state index >= 15 is 0 Å². The van der Waals surface area contributed by atoms with Gasteiger partial charge in [-0.25, -0.2) is 13.4 Å². The number of carbonyl (C=O) groups is 1. The summed E-state index contributed by atoms with van der Waals surface area (Å²) < 4.78 is 46.3. The van der Waals surface area contributed by atoms with Crippen LogP contribution < -0.4 is 5.32 Å². The third-order valence-electron chi connectivity index (χ3n) is 6.01. The van der Waals surface area contributed by atoms with Gasteiger partial charge in [-0.05, 0) is 39.1 Å². The Bertz CT molecular complexity index is 1160. The molecular weight excluding hydrogens is 497 g/mol. The van der Waals surface area contributed by atoms with Crippen molar-refractivity contribution in [3.05, 3.63) is 41.2 Å². The highest BCUT2D eigenvalue weighted by Gasteiger charge is 2.30. The number of sulfonamides is 1. The lowest BCUT2D eigenvalue weighted by atomic mass is 10.1. The second kappa shape index (κ2) is 11.1. The Labute approximate surface area is 207 Å². The quantitative estimate of drug-likeness (QED) is 0.415. The Balaban J connectivity index is 1.52. The van der Waals surface area contributed by atoms with Crippen LogP contribution in [0.1, 0.15) is 24.8 Å². The molecule has 2 aliphatic rings. The van der Waals surface area contributed by atoms with Crippen molar-refractivity contribution >= 4 is 38.1 Å². The predicted octanol–water partition coefficient (Wildman–Crippen LogP) is 2.15. The first-order valence-electron chi connectivity index (χ1n) is 11.3. The van der Waals surface area contributed by atoms with Crippen LogP contribution in [0.2, 0.25) is 0 Å². The standard InChI is InChI=1S/C22H28FN5O5S2/c1-27(2)16-7-10-28(11-8-16)35(30,31)18-5-3-15(4-6-18)20(26-33-17-9-12-32-14-17)21(29)25-22-24-13-19(23)34-22/h3-6,13,16-17H,7-12,14H2,1-2H3,(H,24,25,29)/b26-20+/t17-/m1/s1. The highest BCUT2D eigenvalue weighted by molar-refractivity contribution is 7.89. The van der Waals surface area contributed by atoms with E-state index in [-0.39, 0.29) is 21.8 Å². The highest BCUT2D eigenvalue weighted by Crippen LogP contribution is 2.23. The predicted molar refractivity (Wildman–Crippen MR) is 129 cm³/mol. The number of benzene rings is 1. The summed E-state index contributed by atoms with van der Waals surface area (Å²) in [5.41, 5.74) is 0.270. The number of amides is 1. The number of thiazole rings is 1. The number of nitrogens with zero attached hydrogens (tertiary/aromatic N) is 4. The van der Waals surface area contributed by atoms with Crippen molar-refractivity contribution in [2.24, 2.45) is 5.16 Å². The molecule has 2 aromatic rings. The van der Waals surface area contributed by atoms with Gasteiger partial charge in [0, 0.05) is 31.1 Å². The number of hydrogen-bond acceptors (Lipinski definition) is 9. The van der Waals surface area contributed by atoms with Gasteiger partial charge in [-0.15, -0.1) is 0 Å². The maximum atomic E-state index is 13.3. The number of rotatable bonds is 8. The molecule has 2 fully saturated rings. The third-order valence-corrected chi connectivity index (χ3v) is 8.63. The topological polar surface area (TPSA) is 113 Å². The van der Waals surface area contributed by atoms with Gasteiger partial charge < -0.3 is 14.5 Å². The van der Waals surface area contributed by atoms with E-state index < -0.39 is 21.1 Å². The number of anilines is 1. The molecule has 10 nitrogen and oxygen atoms in total. The van der Waals surface area contributed by atoms with Gasteiger partial charge >= 0.3 is 0 Å². The van der Waals surface area contributed by atoms with Crippen molar-refractivity contribution in [3.8, 4) is 0 Å². The molecule has 1 atom stereocenters. The molecule has 1 amide bonds. The average molecular weight is 526 g/mol. The van der Waals surface area contributed by atoms with Crippen LogP contribution in [0.15, 0.2) is 40.5 Å². The van der Waals surface area contributed by atoms with Crippen LogP contribution in [-0.4, -0.2) is 86.8 Å². The number of hydrogen-bond donors (Lipinski definition) is 1. The van der Waals surface area contributed by atoms with E-state index in [4.69, 9.17) is 9.57 Å². The van der Waals surface area contributed by atoms with Gasteiger partial charge in [-0.3, -0.25) is 10.1 Å². The molecule has 35 heavy (non-hydrogen) atoms. The Kier molecular flexibility index (Phi) is 8.12. The molecule has 0 aliphatic carbocycles. The van der Waals surface area contributed by atoms with Crippen LogP contribution in [0.3, 0.4) is 0 Å². The number of carbonyl (C=O) groups excluding carboxylic acids is 1. The molecule has 13 heteroatoms. The largest absolute Gasteiger partial charge is 0.389 e. The van der Waals surface area contributed by atoms with E-state index in [9.17, 15) is 17.6 Å². The number of ether oxygens (including phenoxy) is 1. The Morgan fingerprint density at radius 2 is 1.97 bits per heavy atom. The van der Waals surface area contributed by atoms with Crippen LogP contribution >= 0.6 is 11.3 Å². The zero-order valence-corrected chi connectivity index (χ0v) is 21.1. The number of nitrogens with one attached hydrogen (secondary N) is 1. The summed E-state index contributed by atoms with van der Waals surface area (Å²) >= 11 is 0.682. The number of oxime groups is 1. The molecule has 0 saturated carbocycles. The molecule has 1 N–H and O–H groups in total. The molecule has 1 aromatic carbocycles. The van der Waals surface area contributed by atoms with Crippen molar-refractivity contribution in [1.29, 1.82) is 0 Å². The van der Waals surface area contributed by atoms with E-state index in [1.54, 1.807) is 0 Å². The fraction of sp³-hybridized carbons (Fsp3) is 0.500. The average Bonchev–Trinajstić information content (AvgIpc) is 3.51. The van der Waals surface area contributed by atoms with Gasteiger partial charge in [0.1, 0.15) is 0 Å². The van der Waals surface area contributed by atoms with Crippen molar-refractivity contribution in [2.45, 2.75) is 36.3 Å². The first kappa shape index (κ1) is 25.6.